The first-order valence-electron chi connectivity index (χ1n) is 15.2. The molecule has 0 unspecified atom stereocenters. The lowest BCUT2D eigenvalue weighted by atomic mass is 10.0. The number of carbonyl (C=O) groups is 2. The van der Waals surface area contributed by atoms with Crippen molar-refractivity contribution < 1.29 is 31.2 Å². The Morgan fingerprint density at radius 3 is 1.98 bits per heavy atom. The van der Waals surface area contributed by atoms with E-state index >= 15 is 0 Å². The Kier molecular flexibility index (Phi) is 11.6. The Balaban J connectivity index is 1.86. The standard InChI is InChI=1S/C36H37ClF3N3O4S/c1-24(2)41-35(45)33(20-27-8-6-5-7-9-27)42(22-28-14-10-25(3)11-15-28)34(44)23-43(48(46,47)30-17-12-26(4)13-18-30)29-16-19-32(37)31(21-29)36(38,39)40/h5-19,21,24,33H,20,22-23H2,1-4H3,(H,41,45)/t33-/m1/s1. The van der Waals surface area contributed by atoms with Gasteiger partial charge in [-0.25, -0.2) is 8.42 Å². The summed E-state index contributed by atoms with van der Waals surface area (Å²) >= 11 is 5.88. The van der Waals surface area contributed by atoms with Crippen LogP contribution in [0.4, 0.5) is 18.9 Å². The fourth-order valence-electron chi connectivity index (χ4n) is 5.08. The summed E-state index contributed by atoms with van der Waals surface area (Å²) in [6.45, 7) is 6.23. The summed E-state index contributed by atoms with van der Waals surface area (Å²) in [6.07, 6.45) is -4.80. The van der Waals surface area contributed by atoms with E-state index in [9.17, 15) is 31.2 Å². The van der Waals surface area contributed by atoms with Crippen LogP contribution in [-0.2, 0) is 38.8 Å². The van der Waals surface area contributed by atoms with Gasteiger partial charge in [-0.1, -0.05) is 89.5 Å². The molecule has 0 aliphatic rings. The van der Waals surface area contributed by atoms with E-state index in [1.807, 2.05) is 37.3 Å². The molecule has 4 rings (SSSR count). The van der Waals surface area contributed by atoms with E-state index in [-0.39, 0.29) is 23.9 Å². The maximum atomic E-state index is 14.5. The highest BCUT2D eigenvalue weighted by Crippen LogP contribution is 2.38. The number of carbonyl (C=O) groups excluding carboxylic acids is 2. The number of nitrogens with zero attached hydrogens (tertiary/aromatic N) is 2. The predicted molar refractivity (Wildman–Crippen MR) is 181 cm³/mol. The van der Waals surface area contributed by atoms with E-state index in [2.05, 4.69) is 5.32 Å². The van der Waals surface area contributed by atoms with Gasteiger partial charge in [0.2, 0.25) is 11.8 Å². The third kappa shape index (κ3) is 9.17. The van der Waals surface area contributed by atoms with E-state index in [1.54, 1.807) is 57.2 Å². The summed E-state index contributed by atoms with van der Waals surface area (Å²) in [5.41, 5.74) is 1.47. The van der Waals surface area contributed by atoms with Crippen molar-refractivity contribution in [3.05, 3.63) is 130 Å². The normalized spacial score (nSPS) is 12.4. The van der Waals surface area contributed by atoms with Crippen LogP contribution in [0.2, 0.25) is 5.02 Å². The second-order valence-corrected chi connectivity index (χ2v) is 14.1. The second kappa shape index (κ2) is 15.3. The summed E-state index contributed by atoms with van der Waals surface area (Å²) in [5, 5.41) is 2.24. The van der Waals surface area contributed by atoms with E-state index in [0.717, 1.165) is 28.8 Å². The van der Waals surface area contributed by atoms with Crippen LogP contribution >= 0.6 is 11.6 Å². The van der Waals surface area contributed by atoms with Gasteiger partial charge in [0.25, 0.3) is 10.0 Å². The van der Waals surface area contributed by atoms with Crippen LogP contribution in [0.25, 0.3) is 0 Å². The Morgan fingerprint density at radius 1 is 0.833 bits per heavy atom. The molecule has 0 spiro atoms. The molecule has 0 heterocycles. The monoisotopic (exact) mass is 699 g/mol. The van der Waals surface area contributed by atoms with Crippen LogP contribution in [0.15, 0.2) is 102 Å². The zero-order valence-corrected chi connectivity index (χ0v) is 28.5. The van der Waals surface area contributed by atoms with Crippen molar-refractivity contribution in [3.8, 4) is 0 Å². The lowest BCUT2D eigenvalue weighted by molar-refractivity contribution is -0.140. The topological polar surface area (TPSA) is 86.8 Å². The van der Waals surface area contributed by atoms with Gasteiger partial charge in [-0.3, -0.25) is 13.9 Å². The number of aryl methyl sites for hydroxylation is 2. The van der Waals surface area contributed by atoms with Crippen molar-refractivity contribution in [3.63, 3.8) is 0 Å². The average molecular weight is 700 g/mol. The SMILES string of the molecule is Cc1ccc(CN(C(=O)CN(c2ccc(Cl)c(C(F)(F)F)c2)S(=O)(=O)c2ccc(C)cc2)[C@H](Cc2ccccc2)C(=O)NC(C)C)cc1. The average Bonchev–Trinajstić information content (AvgIpc) is 3.02. The number of anilines is 1. The maximum absolute atomic E-state index is 14.5. The van der Waals surface area contributed by atoms with Gasteiger partial charge in [0, 0.05) is 19.0 Å². The molecule has 2 amide bonds. The Hall–Kier alpha value is -4.35. The van der Waals surface area contributed by atoms with Crippen LogP contribution in [0, 0.1) is 13.8 Å². The first-order chi connectivity index (χ1) is 22.6. The molecule has 4 aromatic carbocycles. The van der Waals surface area contributed by atoms with Crippen LogP contribution in [0.1, 0.15) is 41.7 Å². The van der Waals surface area contributed by atoms with E-state index in [0.29, 0.717) is 15.9 Å². The van der Waals surface area contributed by atoms with Gasteiger partial charge in [0.1, 0.15) is 12.6 Å². The van der Waals surface area contributed by atoms with Crippen molar-refractivity contribution in [2.45, 2.75) is 63.8 Å². The van der Waals surface area contributed by atoms with E-state index in [4.69, 9.17) is 11.6 Å². The summed E-state index contributed by atoms with van der Waals surface area (Å²) in [4.78, 5) is 29.3. The van der Waals surface area contributed by atoms with Crippen molar-refractivity contribution in [1.82, 2.24) is 10.2 Å². The molecule has 7 nitrogen and oxygen atoms in total. The van der Waals surface area contributed by atoms with Crippen molar-refractivity contribution in [2.24, 2.45) is 0 Å². The number of halogens is 4. The Bertz CT molecular complexity index is 1830. The van der Waals surface area contributed by atoms with E-state index in [1.165, 1.54) is 17.0 Å². The van der Waals surface area contributed by atoms with Crippen molar-refractivity contribution in [1.29, 1.82) is 0 Å². The summed E-state index contributed by atoms with van der Waals surface area (Å²) in [7, 11) is -4.60. The number of sulfonamides is 1. The maximum Gasteiger partial charge on any atom is 0.417 e. The van der Waals surface area contributed by atoms with Crippen LogP contribution in [0.3, 0.4) is 0 Å². The number of benzene rings is 4. The van der Waals surface area contributed by atoms with Gasteiger partial charge in [-0.15, -0.1) is 0 Å². The largest absolute Gasteiger partial charge is 0.417 e. The lowest BCUT2D eigenvalue weighted by Crippen LogP contribution is -2.54. The molecule has 48 heavy (non-hydrogen) atoms. The van der Waals surface area contributed by atoms with Gasteiger partial charge < -0.3 is 10.2 Å². The zero-order chi connectivity index (χ0) is 35.2. The summed E-state index contributed by atoms with van der Waals surface area (Å²) < 4.78 is 70.8. The second-order valence-electron chi connectivity index (χ2n) is 11.9. The van der Waals surface area contributed by atoms with Crippen LogP contribution in [0.5, 0.6) is 0 Å². The van der Waals surface area contributed by atoms with Crippen LogP contribution in [-0.4, -0.2) is 43.8 Å². The quantitative estimate of drug-likeness (QED) is 0.168. The molecule has 0 fully saturated rings. The molecule has 1 atom stereocenters. The number of alkyl halides is 3. The van der Waals surface area contributed by atoms with Gasteiger partial charge in [0.15, 0.2) is 0 Å². The zero-order valence-electron chi connectivity index (χ0n) is 27.0. The predicted octanol–water partition coefficient (Wildman–Crippen LogP) is 7.34. The fourth-order valence-corrected chi connectivity index (χ4v) is 6.71. The Labute approximate surface area is 284 Å². The first kappa shape index (κ1) is 36.5. The molecular formula is C36H37ClF3N3O4S. The summed E-state index contributed by atoms with van der Waals surface area (Å²) in [6, 6.07) is 23.4. The van der Waals surface area contributed by atoms with Crippen molar-refractivity contribution >= 4 is 39.1 Å². The van der Waals surface area contributed by atoms with Gasteiger partial charge >= 0.3 is 6.18 Å². The molecule has 4 aromatic rings. The number of rotatable bonds is 12. The molecular weight excluding hydrogens is 663 g/mol. The fraction of sp³-hybridized carbons (Fsp3) is 0.278. The molecule has 12 heteroatoms. The molecule has 0 aliphatic heterocycles. The minimum absolute atomic E-state index is 0.0744. The minimum Gasteiger partial charge on any atom is -0.352 e. The highest BCUT2D eigenvalue weighted by Gasteiger charge is 2.37. The number of hydrogen-bond donors (Lipinski definition) is 1. The molecule has 0 radical (unpaired) electrons. The molecule has 0 saturated heterocycles. The van der Waals surface area contributed by atoms with Gasteiger partial charge in [-0.2, -0.15) is 13.2 Å². The highest BCUT2D eigenvalue weighted by atomic mass is 35.5. The van der Waals surface area contributed by atoms with E-state index < -0.39 is 56.9 Å². The lowest BCUT2D eigenvalue weighted by Gasteiger charge is -2.34. The van der Waals surface area contributed by atoms with Crippen LogP contribution < -0.4 is 9.62 Å². The third-order valence-corrected chi connectivity index (χ3v) is 9.72. The highest BCUT2D eigenvalue weighted by molar-refractivity contribution is 7.92. The molecule has 1 N–H and O–H groups in total. The molecule has 254 valence electrons. The number of hydrogen-bond acceptors (Lipinski definition) is 4. The molecule has 0 saturated carbocycles. The van der Waals surface area contributed by atoms with Gasteiger partial charge in [-0.05, 0) is 69.2 Å². The molecule has 0 aliphatic carbocycles. The molecule has 0 bridgehead atoms. The third-order valence-electron chi connectivity index (χ3n) is 7.61. The first-order valence-corrected chi connectivity index (χ1v) is 17.0. The smallest absolute Gasteiger partial charge is 0.352 e. The number of amides is 2. The van der Waals surface area contributed by atoms with Gasteiger partial charge in [0.05, 0.1) is 21.2 Å². The molecule has 0 aromatic heterocycles. The number of nitrogens with one attached hydrogen (secondary N) is 1. The Morgan fingerprint density at radius 2 is 1.42 bits per heavy atom. The van der Waals surface area contributed by atoms with Crippen molar-refractivity contribution in [2.75, 3.05) is 10.8 Å². The minimum atomic E-state index is -4.90. The summed E-state index contributed by atoms with van der Waals surface area (Å²) in [5.74, 6) is -1.26.